The van der Waals surface area contributed by atoms with Crippen molar-refractivity contribution < 1.29 is 17.9 Å². The van der Waals surface area contributed by atoms with Crippen molar-refractivity contribution >= 4 is 38.7 Å². The number of carbonyl (C=O) groups is 1. The van der Waals surface area contributed by atoms with Crippen LogP contribution in [0.15, 0.2) is 18.2 Å². The van der Waals surface area contributed by atoms with Crippen LogP contribution >= 0.6 is 11.6 Å². The monoisotopic (exact) mass is 332 g/mol. The lowest BCUT2D eigenvalue weighted by molar-refractivity contribution is -0.113. The highest BCUT2D eigenvalue weighted by Crippen LogP contribution is 2.24. The Morgan fingerprint density at radius 3 is 2.81 bits per heavy atom. The van der Waals surface area contributed by atoms with Crippen LogP contribution < -0.4 is 11.1 Å². The van der Waals surface area contributed by atoms with Gasteiger partial charge in [0.1, 0.15) is 5.75 Å². The number of sulfone groups is 1. The third-order valence-corrected chi connectivity index (χ3v) is 5.83. The molecule has 0 aliphatic carbocycles. The summed E-state index contributed by atoms with van der Waals surface area (Å²) in [5.74, 6) is -1.21. The van der Waals surface area contributed by atoms with Gasteiger partial charge in [0.2, 0.25) is 5.91 Å². The molecule has 1 aromatic rings. The van der Waals surface area contributed by atoms with Crippen LogP contribution in [0.25, 0.3) is 0 Å². The average molecular weight is 333 g/mol. The van der Waals surface area contributed by atoms with Gasteiger partial charge in [0.25, 0.3) is 0 Å². The fraction of sp³-hybridized carbons (Fsp3) is 0.462. The van der Waals surface area contributed by atoms with Gasteiger partial charge >= 0.3 is 0 Å². The van der Waals surface area contributed by atoms with Crippen molar-refractivity contribution in [3.05, 3.63) is 23.2 Å². The molecule has 0 radical (unpaired) electrons. The predicted octanol–water partition coefficient (Wildman–Crippen LogP) is 1.45. The third kappa shape index (κ3) is 3.87. The molecular weight excluding hydrogens is 316 g/mol. The van der Waals surface area contributed by atoms with Crippen molar-refractivity contribution in [2.45, 2.75) is 24.7 Å². The highest BCUT2D eigenvalue weighted by molar-refractivity contribution is 7.92. The van der Waals surface area contributed by atoms with E-state index in [4.69, 9.17) is 22.1 Å². The van der Waals surface area contributed by atoms with Gasteiger partial charge in [0.05, 0.1) is 22.7 Å². The van der Waals surface area contributed by atoms with Crippen LogP contribution in [0.5, 0.6) is 0 Å². The molecule has 0 bridgehead atoms. The van der Waals surface area contributed by atoms with Crippen LogP contribution in [-0.2, 0) is 19.4 Å². The van der Waals surface area contributed by atoms with Crippen molar-refractivity contribution in [1.82, 2.24) is 0 Å². The summed E-state index contributed by atoms with van der Waals surface area (Å²) in [6, 6.07) is 4.58. The Morgan fingerprint density at radius 2 is 2.24 bits per heavy atom. The summed E-state index contributed by atoms with van der Waals surface area (Å²) in [5, 5.41) is 2.30. The molecule has 116 valence electrons. The van der Waals surface area contributed by atoms with Crippen molar-refractivity contribution in [2.24, 2.45) is 0 Å². The van der Waals surface area contributed by atoms with Gasteiger partial charge in [0, 0.05) is 11.6 Å². The molecule has 2 atom stereocenters. The summed E-state index contributed by atoms with van der Waals surface area (Å²) < 4.78 is 29.6. The summed E-state index contributed by atoms with van der Waals surface area (Å²) in [6.45, 7) is 2.10. The topological polar surface area (TPSA) is 98.5 Å². The normalized spacial score (nSPS) is 22.2. The van der Waals surface area contributed by atoms with E-state index in [-0.39, 0.29) is 11.8 Å². The van der Waals surface area contributed by atoms with Gasteiger partial charge in [-0.25, -0.2) is 8.42 Å². The zero-order chi connectivity index (χ0) is 15.6. The van der Waals surface area contributed by atoms with Crippen molar-refractivity contribution in [2.75, 3.05) is 23.4 Å². The van der Waals surface area contributed by atoms with Crippen LogP contribution in [-0.4, -0.2) is 38.0 Å². The van der Waals surface area contributed by atoms with Crippen molar-refractivity contribution in [1.29, 1.82) is 0 Å². The molecule has 1 amide bonds. The molecule has 2 unspecified atom stereocenters. The molecule has 0 saturated carbocycles. The first-order valence-corrected chi connectivity index (χ1v) is 8.57. The van der Waals surface area contributed by atoms with E-state index >= 15 is 0 Å². The molecule has 0 spiro atoms. The number of rotatable bonds is 4. The van der Waals surface area contributed by atoms with Crippen molar-refractivity contribution in [3.8, 4) is 0 Å². The molecule has 1 saturated heterocycles. The quantitative estimate of drug-likeness (QED) is 0.813. The molecule has 2 rings (SSSR count). The molecule has 3 N–H and O–H groups in total. The molecule has 1 fully saturated rings. The Hall–Kier alpha value is -1.31. The lowest BCUT2D eigenvalue weighted by atomic mass is 10.2. The zero-order valence-corrected chi connectivity index (χ0v) is 13.1. The number of nitrogen functional groups attached to an aromatic ring is 1. The number of amides is 1. The van der Waals surface area contributed by atoms with Gasteiger partial charge in [-0.05, 0) is 31.5 Å². The lowest BCUT2D eigenvalue weighted by Gasteiger charge is -2.15. The van der Waals surface area contributed by atoms with Gasteiger partial charge in [0.15, 0.2) is 9.84 Å². The Bertz CT molecular complexity index is 648. The lowest BCUT2D eigenvalue weighted by Crippen LogP contribution is -2.34. The summed E-state index contributed by atoms with van der Waals surface area (Å²) >= 11 is 5.76. The van der Waals surface area contributed by atoms with Crippen LogP contribution in [0, 0.1) is 0 Å². The minimum atomic E-state index is -3.55. The molecule has 6 nitrogen and oxygen atoms in total. The fourth-order valence-electron chi connectivity index (χ4n) is 2.31. The summed E-state index contributed by atoms with van der Waals surface area (Å²) in [6.07, 6.45) is 0.0308. The van der Waals surface area contributed by atoms with Gasteiger partial charge in [-0.3, -0.25) is 4.79 Å². The number of nitrogens with one attached hydrogen (secondary N) is 1. The van der Waals surface area contributed by atoms with Crippen LogP contribution in [0.3, 0.4) is 0 Å². The molecule has 1 aromatic carbocycles. The number of hydrogen-bond donors (Lipinski definition) is 2. The Kier molecular flexibility index (Phi) is 4.75. The van der Waals surface area contributed by atoms with Crippen LogP contribution in [0.4, 0.5) is 11.4 Å². The van der Waals surface area contributed by atoms with E-state index in [1.54, 1.807) is 13.0 Å². The van der Waals surface area contributed by atoms with Gasteiger partial charge in [-0.1, -0.05) is 11.6 Å². The van der Waals surface area contributed by atoms with Crippen LogP contribution in [0.2, 0.25) is 5.02 Å². The second kappa shape index (κ2) is 6.21. The number of hydrogen-bond acceptors (Lipinski definition) is 5. The number of carbonyl (C=O) groups excluding carboxylic acids is 1. The SMILES string of the molecule is CC1OCCC1S(=O)(=O)CC(=O)Nc1ccc(Cl)cc1N. The average Bonchev–Trinajstić information content (AvgIpc) is 2.79. The molecule has 1 aliphatic heterocycles. The van der Waals surface area contributed by atoms with E-state index in [0.717, 1.165) is 0 Å². The molecule has 0 aromatic heterocycles. The minimum Gasteiger partial charge on any atom is -0.397 e. The van der Waals surface area contributed by atoms with Gasteiger partial charge < -0.3 is 15.8 Å². The van der Waals surface area contributed by atoms with E-state index in [1.807, 2.05) is 0 Å². The highest BCUT2D eigenvalue weighted by Gasteiger charge is 2.36. The smallest absolute Gasteiger partial charge is 0.239 e. The third-order valence-electron chi connectivity index (χ3n) is 3.39. The number of ether oxygens (including phenoxy) is 1. The first-order valence-electron chi connectivity index (χ1n) is 6.47. The number of anilines is 2. The summed E-state index contributed by atoms with van der Waals surface area (Å²) in [7, 11) is -3.55. The largest absolute Gasteiger partial charge is 0.397 e. The van der Waals surface area contributed by atoms with E-state index in [0.29, 0.717) is 23.7 Å². The molecular formula is C13H17ClN2O4S. The second-order valence-electron chi connectivity index (χ2n) is 4.99. The number of benzene rings is 1. The van der Waals surface area contributed by atoms with E-state index in [2.05, 4.69) is 5.32 Å². The number of halogens is 1. The Labute approximate surface area is 128 Å². The van der Waals surface area contributed by atoms with Gasteiger partial charge in [-0.15, -0.1) is 0 Å². The first kappa shape index (κ1) is 16.1. The zero-order valence-electron chi connectivity index (χ0n) is 11.5. The van der Waals surface area contributed by atoms with Crippen molar-refractivity contribution in [3.63, 3.8) is 0 Å². The standard InChI is InChI=1S/C13H17ClN2O4S/c1-8-12(4-5-20-8)21(18,19)7-13(17)16-11-3-2-9(14)6-10(11)15/h2-3,6,8,12H,4-5,7,15H2,1H3,(H,16,17). The minimum absolute atomic E-state index is 0.283. The Balaban J connectivity index is 2.04. The molecule has 1 aliphatic rings. The van der Waals surface area contributed by atoms with Crippen LogP contribution in [0.1, 0.15) is 13.3 Å². The van der Waals surface area contributed by atoms with E-state index in [9.17, 15) is 13.2 Å². The second-order valence-corrected chi connectivity index (χ2v) is 7.65. The van der Waals surface area contributed by atoms with E-state index in [1.165, 1.54) is 12.1 Å². The Morgan fingerprint density at radius 1 is 1.52 bits per heavy atom. The summed E-state index contributed by atoms with van der Waals surface area (Å²) in [4.78, 5) is 11.9. The number of nitrogens with two attached hydrogens (primary N) is 1. The fourth-order valence-corrected chi connectivity index (χ4v) is 4.26. The maximum Gasteiger partial charge on any atom is 0.239 e. The molecule has 8 heteroatoms. The molecule has 1 heterocycles. The molecule has 21 heavy (non-hydrogen) atoms. The van der Waals surface area contributed by atoms with E-state index < -0.39 is 26.7 Å². The predicted molar refractivity (Wildman–Crippen MR) is 82.1 cm³/mol. The van der Waals surface area contributed by atoms with Gasteiger partial charge in [-0.2, -0.15) is 0 Å². The maximum absolute atomic E-state index is 12.2. The first-order chi connectivity index (χ1) is 9.79. The highest BCUT2D eigenvalue weighted by atomic mass is 35.5. The summed E-state index contributed by atoms with van der Waals surface area (Å²) in [5.41, 5.74) is 6.34. The maximum atomic E-state index is 12.2.